The molecule has 1 aromatic heterocycles. The number of aromatic amines is 1. The molecule has 3 N–H and O–H groups in total. The summed E-state index contributed by atoms with van der Waals surface area (Å²) in [4.78, 5) is 41.2. The van der Waals surface area contributed by atoms with E-state index in [4.69, 9.17) is 0 Å². The van der Waals surface area contributed by atoms with Crippen LogP contribution >= 0.6 is 0 Å². The number of aromatic nitrogens is 2. The lowest BCUT2D eigenvalue weighted by atomic mass is 9.83. The average Bonchev–Trinajstić information content (AvgIpc) is 3.07. The first kappa shape index (κ1) is 13.8. The van der Waals surface area contributed by atoms with Crippen LogP contribution in [-0.2, 0) is 4.79 Å². The van der Waals surface area contributed by atoms with Crippen molar-refractivity contribution in [2.45, 2.75) is 31.7 Å². The predicted molar refractivity (Wildman–Crippen MR) is 72.7 cm³/mol. The van der Waals surface area contributed by atoms with Crippen molar-refractivity contribution in [2.75, 3.05) is 0 Å². The zero-order chi connectivity index (χ0) is 15.0. The van der Waals surface area contributed by atoms with Crippen molar-refractivity contribution < 1.29 is 14.7 Å². The molecule has 0 aliphatic heterocycles. The molecule has 0 saturated heterocycles. The number of carbonyl (C=O) groups is 2. The highest BCUT2D eigenvalue weighted by Gasteiger charge is 2.46. The number of aliphatic carboxylic acids is 1. The molecule has 7 heteroatoms. The number of amides is 1. The van der Waals surface area contributed by atoms with Crippen LogP contribution < -0.4 is 10.9 Å². The van der Waals surface area contributed by atoms with Crippen LogP contribution in [0.4, 0.5) is 0 Å². The Balaban J connectivity index is 1.77. The van der Waals surface area contributed by atoms with Crippen LogP contribution in [0.1, 0.15) is 36.2 Å². The number of H-pyrrole nitrogens is 1. The summed E-state index contributed by atoms with van der Waals surface area (Å²) in [6.45, 7) is 0. The summed E-state index contributed by atoms with van der Waals surface area (Å²) in [5.74, 6) is -0.885. The number of nitrogens with one attached hydrogen (secondary N) is 2. The summed E-state index contributed by atoms with van der Waals surface area (Å²) in [6, 6.07) is -0.950. The van der Waals surface area contributed by atoms with Gasteiger partial charge < -0.3 is 15.4 Å². The minimum absolute atomic E-state index is 0.0482. The number of hydrogen-bond acceptors (Lipinski definition) is 4. The van der Waals surface area contributed by atoms with Crippen molar-refractivity contribution in [1.29, 1.82) is 0 Å². The molecule has 2 aliphatic carbocycles. The Morgan fingerprint density at radius 3 is 2.76 bits per heavy atom. The van der Waals surface area contributed by atoms with E-state index in [1.54, 1.807) is 0 Å². The van der Waals surface area contributed by atoms with Gasteiger partial charge in [0, 0.05) is 12.4 Å². The van der Waals surface area contributed by atoms with E-state index in [9.17, 15) is 19.5 Å². The minimum Gasteiger partial charge on any atom is -0.480 e. The monoisotopic (exact) mass is 291 g/mol. The van der Waals surface area contributed by atoms with Crippen LogP contribution in [0.3, 0.4) is 0 Å². The maximum absolute atomic E-state index is 12.1. The molecular weight excluding hydrogens is 274 g/mol. The Kier molecular flexibility index (Phi) is 3.48. The van der Waals surface area contributed by atoms with Crippen molar-refractivity contribution in [3.8, 4) is 0 Å². The summed E-state index contributed by atoms with van der Waals surface area (Å²) in [6.07, 6.45) is 6.68. The second-order valence-corrected chi connectivity index (χ2v) is 5.89. The summed E-state index contributed by atoms with van der Waals surface area (Å²) in [5, 5.41) is 11.9. The van der Waals surface area contributed by atoms with Gasteiger partial charge in [-0.1, -0.05) is 6.42 Å². The number of hydrogen-bond donors (Lipinski definition) is 3. The van der Waals surface area contributed by atoms with E-state index in [2.05, 4.69) is 15.3 Å². The zero-order valence-electron chi connectivity index (χ0n) is 11.4. The third kappa shape index (κ3) is 2.55. The average molecular weight is 291 g/mol. The van der Waals surface area contributed by atoms with E-state index >= 15 is 0 Å². The molecule has 1 aromatic rings. The number of carboxylic acids is 1. The lowest BCUT2D eigenvalue weighted by molar-refractivity contribution is -0.141. The second-order valence-electron chi connectivity index (χ2n) is 5.89. The molecule has 4 unspecified atom stereocenters. The standard InChI is InChI=1S/C14H17N3O4/c18-12-11(15-3-4-16-12)13(19)17-10(14(20)21)9-6-7-1-2-8(9)5-7/h3-4,7-10H,1-2,5-6H2,(H,16,18)(H,17,19)(H,20,21). The van der Waals surface area contributed by atoms with Crippen molar-refractivity contribution in [3.05, 3.63) is 28.4 Å². The third-order valence-corrected chi connectivity index (χ3v) is 4.70. The first-order chi connectivity index (χ1) is 10.1. The first-order valence-corrected chi connectivity index (χ1v) is 7.13. The van der Waals surface area contributed by atoms with E-state index in [0.29, 0.717) is 11.8 Å². The van der Waals surface area contributed by atoms with E-state index < -0.39 is 23.5 Å². The molecule has 1 amide bonds. The SMILES string of the molecule is O=C(NC(C(=O)O)C1CC2CCC1C2)c1ncc[nH]c1=O. The molecule has 0 aromatic carbocycles. The van der Waals surface area contributed by atoms with Crippen LogP contribution in [0.15, 0.2) is 17.2 Å². The maximum atomic E-state index is 12.1. The van der Waals surface area contributed by atoms with Gasteiger partial charge in [0.15, 0.2) is 5.69 Å². The third-order valence-electron chi connectivity index (χ3n) is 4.70. The summed E-state index contributed by atoms with van der Waals surface area (Å²) >= 11 is 0. The lowest BCUT2D eigenvalue weighted by Gasteiger charge is -2.28. The van der Waals surface area contributed by atoms with Gasteiger partial charge in [-0.2, -0.15) is 0 Å². The van der Waals surface area contributed by atoms with Crippen molar-refractivity contribution in [2.24, 2.45) is 17.8 Å². The van der Waals surface area contributed by atoms with E-state index in [0.717, 1.165) is 25.7 Å². The van der Waals surface area contributed by atoms with Crippen LogP contribution in [-0.4, -0.2) is 33.0 Å². The van der Waals surface area contributed by atoms with Crippen molar-refractivity contribution >= 4 is 11.9 Å². The Morgan fingerprint density at radius 1 is 1.38 bits per heavy atom. The van der Waals surface area contributed by atoms with Gasteiger partial charge in [0.2, 0.25) is 0 Å². The van der Waals surface area contributed by atoms with Gasteiger partial charge in [0.25, 0.3) is 11.5 Å². The molecule has 7 nitrogen and oxygen atoms in total. The van der Waals surface area contributed by atoms with Crippen LogP contribution in [0.5, 0.6) is 0 Å². The summed E-state index contributed by atoms with van der Waals surface area (Å²) < 4.78 is 0. The molecule has 2 bridgehead atoms. The molecule has 0 spiro atoms. The fourth-order valence-electron chi connectivity index (χ4n) is 3.78. The Hall–Kier alpha value is -2.18. The highest BCUT2D eigenvalue weighted by atomic mass is 16.4. The highest BCUT2D eigenvalue weighted by Crippen LogP contribution is 2.49. The van der Waals surface area contributed by atoms with Gasteiger partial charge in [-0.05, 0) is 37.0 Å². The molecule has 4 atom stereocenters. The number of carboxylic acid groups (broad SMARTS) is 1. The Labute approximate surface area is 120 Å². The van der Waals surface area contributed by atoms with E-state index in [-0.39, 0.29) is 11.6 Å². The summed E-state index contributed by atoms with van der Waals surface area (Å²) in [5.41, 5.74) is -0.918. The molecule has 2 saturated carbocycles. The fraction of sp³-hybridized carbons (Fsp3) is 0.571. The van der Waals surface area contributed by atoms with Crippen LogP contribution in [0.25, 0.3) is 0 Å². The lowest BCUT2D eigenvalue weighted by Crippen LogP contribution is -2.48. The van der Waals surface area contributed by atoms with Crippen molar-refractivity contribution in [1.82, 2.24) is 15.3 Å². The Bertz CT molecular complexity index is 627. The van der Waals surface area contributed by atoms with E-state index in [1.165, 1.54) is 12.4 Å². The molecule has 3 rings (SSSR count). The normalized spacial score (nSPS) is 28.3. The molecule has 1 heterocycles. The molecular formula is C14H17N3O4. The quantitative estimate of drug-likeness (QED) is 0.743. The second kappa shape index (κ2) is 5.31. The van der Waals surface area contributed by atoms with Gasteiger partial charge in [-0.15, -0.1) is 0 Å². The minimum atomic E-state index is -1.05. The molecule has 0 radical (unpaired) electrons. The topological polar surface area (TPSA) is 112 Å². The van der Waals surface area contributed by atoms with Crippen LogP contribution in [0, 0.1) is 17.8 Å². The molecule has 21 heavy (non-hydrogen) atoms. The molecule has 2 fully saturated rings. The van der Waals surface area contributed by atoms with Gasteiger partial charge in [-0.3, -0.25) is 9.59 Å². The van der Waals surface area contributed by atoms with Crippen molar-refractivity contribution in [3.63, 3.8) is 0 Å². The van der Waals surface area contributed by atoms with E-state index in [1.807, 2.05) is 0 Å². The Morgan fingerprint density at radius 2 is 2.19 bits per heavy atom. The molecule has 112 valence electrons. The van der Waals surface area contributed by atoms with Gasteiger partial charge in [-0.25, -0.2) is 9.78 Å². The smallest absolute Gasteiger partial charge is 0.326 e. The zero-order valence-corrected chi connectivity index (χ0v) is 11.4. The largest absolute Gasteiger partial charge is 0.480 e. The number of carbonyl (C=O) groups excluding carboxylic acids is 1. The first-order valence-electron chi connectivity index (χ1n) is 7.13. The summed E-state index contributed by atoms with van der Waals surface area (Å²) in [7, 11) is 0. The van der Waals surface area contributed by atoms with Gasteiger partial charge in [0.05, 0.1) is 0 Å². The highest BCUT2D eigenvalue weighted by molar-refractivity contribution is 5.94. The van der Waals surface area contributed by atoms with Crippen LogP contribution in [0.2, 0.25) is 0 Å². The predicted octanol–water partition coefficient (Wildman–Crippen LogP) is 0.389. The van der Waals surface area contributed by atoms with Gasteiger partial charge in [0.1, 0.15) is 6.04 Å². The number of rotatable bonds is 4. The number of nitrogens with zero attached hydrogens (tertiary/aromatic N) is 1. The maximum Gasteiger partial charge on any atom is 0.326 e. The molecule has 2 aliphatic rings. The fourth-order valence-corrected chi connectivity index (χ4v) is 3.78. The van der Waals surface area contributed by atoms with Gasteiger partial charge >= 0.3 is 5.97 Å². The number of fused-ring (bicyclic) bond motifs is 2.